The SMILES string of the molecule is NCC(=O)NCc1cc(C(F)(F)F)ccc1F. The summed E-state index contributed by atoms with van der Waals surface area (Å²) in [6.07, 6.45) is -4.54. The van der Waals surface area contributed by atoms with Crippen LogP contribution in [0.4, 0.5) is 17.6 Å². The Morgan fingerprint density at radius 3 is 2.53 bits per heavy atom. The zero-order chi connectivity index (χ0) is 13.1. The van der Waals surface area contributed by atoms with Gasteiger partial charge in [-0.25, -0.2) is 4.39 Å². The Morgan fingerprint density at radius 2 is 2.00 bits per heavy atom. The lowest BCUT2D eigenvalue weighted by molar-refractivity contribution is -0.137. The van der Waals surface area contributed by atoms with E-state index >= 15 is 0 Å². The second-order valence-corrected chi connectivity index (χ2v) is 3.28. The summed E-state index contributed by atoms with van der Waals surface area (Å²) in [5, 5.41) is 2.20. The number of rotatable bonds is 3. The molecule has 0 aromatic heterocycles. The molecule has 1 rings (SSSR count). The minimum absolute atomic E-state index is 0.235. The number of hydrogen-bond donors (Lipinski definition) is 2. The molecule has 0 fully saturated rings. The smallest absolute Gasteiger partial charge is 0.351 e. The van der Waals surface area contributed by atoms with Gasteiger partial charge in [0, 0.05) is 12.1 Å². The number of halogens is 4. The molecule has 0 aliphatic heterocycles. The molecule has 0 atom stereocenters. The van der Waals surface area contributed by atoms with E-state index in [0.29, 0.717) is 18.2 Å². The van der Waals surface area contributed by atoms with Gasteiger partial charge in [-0.2, -0.15) is 13.2 Å². The molecule has 3 nitrogen and oxygen atoms in total. The first-order valence-electron chi connectivity index (χ1n) is 4.67. The third-order valence-corrected chi connectivity index (χ3v) is 2.03. The molecule has 1 aromatic carbocycles. The Bertz CT molecular complexity index is 417. The van der Waals surface area contributed by atoms with Crippen LogP contribution in [-0.2, 0) is 17.5 Å². The van der Waals surface area contributed by atoms with E-state index in [1.54, 1.807) is 0 Å². The van der Waals surface area contributed by atoms with Gasteiger partial charge in [0.15, 0.2) is 0 Å². The Kier molecular flexibility index (Phi) is 4.06. The number of amides is 1. The van der Waals surface area contributed by atoms with Crippen LogP contribution in [0.5, 0.6) is 0 Å². The standard InChI is InChI=1S/C10H10F4N2O/c11-8-2-1-7(10(12,13)14)3-6(8)5-16-9(17)4-15/h1-3H,4-5,15H2,(H,16,17). The second kappa shape index (κ2) is 5.13. The molecule has 0 bridgehead atoms. The number of carbonyl (C=O) groups excluding carboxylic acids is 1. The molecule has 0 radical (unpaired) electrons. The molecule has 7 heteroatoms. The van der Waals surface area contributed by atoms with Crippen LogP contribution in [0.2, 0.25) is 0 Å². The highest BCUT2D eigenvalue weighted by atomic mass is 19.4. The summed E-state index contributed by atoms with van der Waals surface area (Å²) < 4.78 is 50.2. The summed E-state index contributed by atoms with van der Waals surface area (Å²) in [4.78, 5) is 10.8. The summed E-state index contributed by atoms with van der Waals surface area (Å²) in [5.41, 5.74) is 3.79. The van der Waals surface area contributed by atoms with Crippen molar-refractivity contribution in [1.29, 1.82) is 0 Å². The van der Waals surface area contributed by atoms with Gasteiger partial charge < -0.3 is 11.1 Å². The van der Waals surface area contributed by atoms with Crippen molar-refractivity contribution in [2.45, 2.75) is 12.7 Å². The molecular weight excluding hydrogens is 240 g/mol. The van der Waals surface area contributed by atoms with Gasteiger partial charge in [0.05, 0.1) is 12.1 Å². The first-order valence-corrected chi connectivity index (χ1v) is 4.67. The second-order valence-electron chi connectivity index (χ2n) is 3.28. The molecule has 0 heterocycles. The lowest BCUT2D eigenvalue weighted by atomic mass is 10.1. The summed E-state index contributed by atoms with van der Waals surface area (Å²) in [7, 11) is 0. The van der Waals surface area contributed by atoms with E-state index in [2.05, 4.69) is 5.32 Å². The summed E-state index contributed by atoms with van der Waals surface area (Å²) in [6, 6.07) is 2.02. The van der Waals surface area contributed by atoms with Crippen molar-refractivity contribution in [2.75, 3.05) is 6.54 Å². The maximum Gasteiger partial charge on any atom is 0.416 e. The first kappa shape index (κ1) is 13.4. The van der Waals surface area contributed by atoms with Gasteiger partial charge in [0.2, 0.25) is 5.91 Å². The zero-order valence-electron chi connectivity index (χ0n) is 8.64. The predicted molar refractivity (Wildman–Crippen MR) is 52.3 cm³/mol. The van der Waals surface area contributed by atoms with Crippen molar-refractivity contribution >= 4 is 5.91 Å². The molecule has 1 aromatic rings. The van der Waals surface area contributed by atoms with Gasteiger partial charge in [-0.3, -0.25) is 4.79 Å². The molecule has 94 valence electrons. The predicted octanol–water partition coefficient (Wildman–Crippen LogP) is 1.42. The fourth-order valence-corrected chi connectivity index (χ4v) is 1.15. The minimum atomic E-state index is -4.54. The topological polar surface area (TPSA) is 55.1 Å². The van der Waals surface area contributed by atoms with Crippen LogP contribution in [0.1, 0.15) is 11.1 Å². The van der Waals surface area contributed by atoms with E-state index in [1.807, 2.05) is 0 Å². The van der Waals surface area contributed by atoms with Crippen molar-refractivity contribution in [3.05, 3.63) is 35.1 Å². The van der Waals surface area contributed by atoms with Crippen LogP contribution in [0.25, 0.3) is 0 Å². The van der Waals surface area contributed by atoms with Crippen molar-refractivity contribution in [3.8, 4) is 0 Å². The lowest BCUT2D eigenvalue weighted by Gasteiger charge is -2.10. The highest BCUT2D eigenvalue weighted by Gasteiger charge is 2.31. The number of benzene rings is 1. The van der Waals surface area contributed by atoms with Gasteiger partial charge in [-0.15, -0.1) is 0 Å². The molecule has 1 amide bonds. The van der Waals surface area contributed by atoms with Gasteiger partial charge in [-0.1, -0.05) is 0 Å². The van der Waals surface area contributed by atoms with E-state index in [9.17, 15) is 22.4 Å². The van der Waals surface area contributed by atoms with Crippen LogP contribution in [0.3, 0.4) is 0 Å². The van der Waals surface area contributed by atoms with Crippen molar-refractivity contribution in [3.63, 3.8) is 0 Å². The van der Waals surface area contributed by atoms with Crippen LogP contribution in [-0.4, -0.2) is 12.5 Å². The maximum atomic E-state index is 13.2. The van der Waals surface area contributed by atoms with E-state index < -0.39 is 23.5 Å². The van der Waals surface area contributed by atoms with Gasteiger partial charge >= 0.3 is 6.18 Å². The van der Waals surface area contributed by atoms with Crippen molar-refractivity contribution < 1.29 is 22.4 Å². The van der Waals surface area contributed by atoms with Gasteiger partial charge in [-0.05, 0) is 18.2 Å². The monoisotopic (exact) mass is 250 g/mol. The molecule has 0 spiro atoms. The number of nitrogens with one attached hydrogen (secondary N) is 1. The number of hydrogen-bond acceptors (Lipinski definition) is 2. The van der Waals surface area contributed by atoms with Crippen LogP contribution < -0.4 is 11.1 Å². The van der Waals surface area contributed by atoms with Crippen LogP contribution in [0, 0.1) is 5.82 Å². The molecule has 0 aliphatic rings. The molecule has 0 saturated carbocycles. The van der Waals surface area contributed by atoms with E-state index in [-0.39, 0.29) is 18.7 Å². The normalized spacial score (nSPS) is 11.4. The molecule has 0 unspecified atom stereocenters. The van der Waals surface area contributed by atoms with Crippen molar-refractivity contribution in [1.82, 2.24) is 5.32 Å². The van der Waals surface area contributed by atoms with Crippen LogP contribution >= 0.6 is 0 Å². The molecule has 17 heavy (non-hydrogen) atoms. The molecule has 0 saturated heterocycles. The maximum absolute atomic E-state index is 13.2. The van der Waals surface area contributed by atoms with Crippen LogP contribution in [0.15, 0.2) is 18.2 Å². The quantitative estimate of drug-likeness (QED) is 0.797. The Labute approximate surface area is 94.6 Å². The largest absolute Gasteiger partial charge is 0.416 e. The average Bonchev–Trinajstić information content (AvgIpc) is 2.26. The Balaban J connectivity index is 2.88. The number of alkyl halides is 3. The number of carbonyl (C=O) groups is 1. The Morgan fingerprint density at radius 1 is 1.35 bits per heavy atom. The fraction of sp³-hybridized carbons (Fsp3) is 0.300. The molecule has 0 aliphatic carbocycles. The summed E-state index contributed by atoms with van der Waals surface area (Å²) >= 11 is 0. The molecular formula is C10H10F4N2O. The van der Waals surface area contributed by atoms with Gasteiger partial charge in [0.1, 0.15) is 5.82 Å². The van der Waals surface area contributed by atoms with E-state index in [1.165, 1.54) is 0 Å². The first-order chi connectivity index (χ1) is 7.84. The minimum Gasteiger partial charge on any atom is -0.351 e. The fourth-order valence-electron chi connectivity index (χ4n) is 1.15. The van der Waals surface area contributed by atoms with Gasteiger partial charge in [0.25, 0.3) is 0 Å². The third-order valence-electron chi connectivity index (χ3n) is 2.03. The molecule has 3 N–H and O–H groups in total. The third kappa shape index (κ3) is 3.70. The highest BCUT2D eigenvalue weighted by molar-refractivity contribution is 5.77. The Hall–Kier alpha value is -1.63. The highest BCUT2D eigenvalue weighted by Crippen LogP contribution is 2.30. The van der Waals surface area contributed by atoms with E-state index in [4.69, 9.17) is 5.73 Å². The van der Waals surface area contributed by atoms with Crippen molar-refractivity contribution in [2.24, 2.45) is 5.73 Å². The van der Waals surface area contributed by atoms with E-state index in [0.717, 1.165) is 0 Å². The average molecular weight is 250 g/mol. The lowest BCUT2D eigenvalue weighted by Crippen LogP contribution is -2.30. The zero-order valence-corrected chi connectivity index (χ0v) is 8.64. The summed E-state index contributed by atoms with van der Waals surface area (Å²) in [6.45, 7) is -0.633. The number of nitrogens with two attached hydrogens (primary N) is 1. The summed E-state index contributed by atoms with van der Waals surface area (Å²) in [5.74, 6) is -1.38.